The van der Waals surface area contributed by atoms with Gasteiger partial charge in [-0.1, -0.05) is 43.9 Å². The molecule has 174 valence electrons. The number of fused-ring (bicyclic) bond motifs is 3. The second-order valence-electron chi connectivity index (χ2n) is 9.42. The van der Waals surface area contributed by atoms with Gasteiger partial charge in [0.2, 0.25) is 5.91 Å². The molecule has 1 N–H and O–H groups in total. The monoisotopic (exact) mass is 449 g/mol. The number of nitrogens with zero attached hydrogens (tertiary/aromatic N) is 2. The van der Waals surface area contributed by atoms with Crippen molar-refractivity contribution in [3.8, 4) is 5.75 Å². The van der Waals surface area contributed by atoms with Crippen molar-refractivity contribution >= 4 is 22.9 Å². The van der Waals surface area contributed by atoms with E-state index in [1.165, 1.54) is 12.8 Å². The lowest BCUT2D eigenvalue weighted by Crippen LogP contribution is -2.64. The third kappa shape index (κ3) is 3.79. The fourth-order valence-corrected chi connectivity index (χ4v) is 5.29. The van der Waals surface area contributed by atoms with Crippen molar-refractivity contribution in [1.29, 1.82) is 0 Å². The van der Waals surface area contributed by atoms with Crippen LogP contribution in [0.5, 0.6) is 5.75 Å². The Kier molecular flexibility index (Phi) is 5.64. The van der Waals surface area contributed by atoms with E-state index in [0.717, 1.165) is 36.8 Å². The van der Waals surface area contributed by atoms with Crippen LogP contribution in [-0.2, 0) is 17.9 Å². The van der Waals surface area contributed by atoms with E-state index in [1.807, 2.05) is 41.8 Å². The molecule has 3 heterocycles. The first-order valence-corrected chi connectivity index (χ1v) is 11.8. The van der Waals surface area contributed by atoms with Crippen LogP contribution in [0.15, 0.2) is 47.1 Å². The van der Waals surface area contributed by atoms with E-state index < -0.39 is 5.54 Å². The first-order chi connectivity index (χ1) is 16.0. The SMILES string of the molecule is COc1ccccc1CN1C(=O)c2cc3occc3n2C[C@@]1(C)C(=O)NC1CCCCCC1. The summed E-state index contributed by atoms with van der Waals surface area (Å²) >= 11 is 0. The summed E-state index contributed by atoms with van der Waals surface area (Å²) in [7, 11) is 1.62. The molecule has 1 aliphatic heterocycles. The highest BCUT2D eigenvalue weighted by atomic mass is 16.5. The van der Waals surface area contributed by atoms with Crippen molar-refractivity contribution in [2.75, 3.05) is 7.11 Å². The maximum absolute atomic E-state index is 13.8. The van der Waals surface area contributed by atoms with Gasteiger partial charge < -0.3 is 23.9 Å². The number of ether oxygens (including phenoxy) is 1. The summed E-state index contributed by atoms with van der Waals surface area (Å²) in [6.07, 6.45) is 8.28. The second-order valence-corrected chi connectivity index (χ2v) is 9.42. The molecule has 1 atom stereocenters. The molecule has 7 heteroatoms. The van der Waals surface area contributed by atoms with Gasteiger partial charge in [0.1, 0.15) is 17.0 Å². The molecule has 7 nitrogen and oxygen atoms in total. The number of carbonyl (C=O) groups excluding carboxylic acids is 2. The Bertz CT molecular complexity index is 1170. The zero-order chi connectivity index (χ0) is 23.0. The smallest absolute Gasteiger partial charge is 0.271 e. The van der Waals surface area contributed by atoms with Gasteiger partial charge in [-0.3, -0.25) is 9.59 Å². The van der Waals surface area contributed by atoms with E-state index in [0.29, 0.717) is 23.6 Å². The van der Waals surface area contributed by atoms with Gasteiger partial charge >= 0.3 is 0 Å². The third-order valence-electron chi connectivity index (χ3n) is 7.25. The molecule has 1 aromatic carbocycles. The highest BCUT2D eigenvalue weighted by Crippen LogP contribution is 2.35. The zero-order valence-electron chi connectivity index (χ0n) is 19.3. The third-order valence-corrected chi connectivity index (χ3v) is 7.25. The molecule has 1 saturated carbocycles. The molecule has 0 radical (unpaired) electrons. The number of furan rings is 1. The first-order valence-electron chi connectivity index (χ1n) is 11.8. The number of rotatable bonds is 5. The highest BCUT2D eigenvalue weighted by molar-refractivity contribution is 6.02. The van der Waals surface area contributed by atoms with E-state index >= 15 is 0 Å². The lowest BCUT2D eigenvalue weighted by molar-refractivity contribution is -0.134. The molecular weight excluding hydrogens is 418 g/mol. The van der Waals surface area contributed by atoms with E-state index in [2.05, 4.69) is 5.32 Å². The molecule has 2 amide bonds. The summed E-state index contributed by atoms with van der Waals surface area (Å²) in [5, 5.41) is 3.30. The van der Waals surface area contributed by atoms with Crippen LogP contribution in [0.2, 0.25) is 0 Å². The van der Waals surface area contributed by atoms with Gasteiger partial charge in [-0.05, 0) is 25.8 Å². The summed E-state index contributed by atoms with van der Waals surface area (Å²) in [4.78, 5) is 29.3. The molecule has 0 bridgehead atoms. The molecule has 3 aromatic rings. The van der Waals surface area contributed by atoms with Crippen molar-refractivity contribution in [3.05, 3.63) is 53.9 Å². The largest absolute Gasteiger partial charge is 0.496 e. The number of para-hydroxylation sites is 1. The maximum Gasteiger partial charge on any atom is 0.271 e. The van der Waals surface area contributed by atoms with E-state index in [-0.39, 0.29) is 24.4 Å². The molecular formula is C26H31N3O4. The molecule has 0 spiro atoms. The van der Waals surface area contributed by atoms with Crippen LogP contribution in [0.3, 0.4) is 0 Å². The van der Waals surface area contributed by atoms with Crippen molar-refractivity contribution in [3.63, 3.8) is 0 Å². The Morgan fingerprint density at radius 3 is 2.70 bits per heavy atom. The first kappa shape index (κ1) is 21.6. The van der Waals surface area contributed by atoms with Gasteiger partial charge in [-0.25, -0.2) is 0 Å². The predicted octanol–water partition coefficient (Wildman–Crippen LogP) is 4.50. The van der Waals surface area contributed by atoms with E-state index in [9.17, 15) is 9.59 Å². The zero-order valence-corrected chi connectivity index (χ0v) is 19.3. The van der Waals surface area contributed by atoms with Crippen LogP contribution < -0.4 is 10.1 Å². The van der Waals surface area contributed by atoms with Gasteiger partial charge in [0.05, 0.1) is 32.0 Å². The average molecular weight is 450 g/mol. The number of amides is 2. The van der Waals surface area contributed by atoms with Crippen molar-refractivity contribution in [1.82, 2.24) is 14.8 Å². The standard InChI is InChI=1S/C26H31N3O4/c1-26(25(31)27-19-10-5-3-4-6-11-19)17-28-20-13-14-33-23(20)15-21(28)24(30)29(26)16-18-9-7-8-12-22(18)32-2/h7-9,12-15,19H,3-6,10-11,16-17H2,1-2H3,(H,27,31)/t26-/m0/s1. The molecule has 1 aliphatic carbocycles. The fourth-order valence-electron chi connectivity index (χ4n) is 5.29. The van der Waals surface area contributed by atoms with Crippen LogP contribution in [0, 0.1) is 0 Å². The molecule has 1 fully saturated rings. The quantitative estimate of drug-likeness (QED) is 0.582. The normalized spacial score (nSPS) is 21.6. The minimum Gasteiger partial charge on any atom is -0.496 e. The van der Waals surface area contributed by atoms with Crippen molar-refractivity contribution in [2.24, 2.45) is 0 Å². The topological polar surface area (TPSA) is 76.7 Å². The van der Waals surface area contributed by atoms with Gasteiger partial charge in [0.25, 0.3) is 5.91 Å². The number of benzene rings is 1. The Hall–Kier alpha value is -3.22. The number of methoxy groups -OCH3 is 1. The maximum atomic E-state index is 13.8. The van der Waals surface area contributed by atoms with Gasteiger partial charge in [-0.15, -0.1) is 0 Å². The Morgan fingerprint density at radius 1 is 1.18 bits per heavy atom. The van der Waals surface area contributed by atoms with E-state index in [1.54, 1.807) is 24.3 Å². The summed E-state index contributed by atoms with van der Waals surface area (Å²) < 4.78 is 13.0. The van der Waals surface area contributed by atoms with Crippen LogP contribution in [0.1, 0.15) is 61.5 Å². The minimum atomic E-state index is -1.06. The summed E-state index contributed by atoms with van der Waals surface area (Å²) in [5.41, 5.74) is 1.85. The number of hydrogen-bond acceptors (Lipinski definition) is 4. The minimum absolute atomic E-state index is 0.103. The lowest BCUT2D eigenvalue weighted by Gasteiger charge is -2.44. The van der Waals surface area contributed by atoms with Gasteiger partial charge in [0, 0.05) is 23.7 Å². The van der Waals surface area contributed by atoms with Crippen LogP contribution in [0.4, 0.5) is 0 Å². The number of aromatic nitrogens is 1. The number of carbonyl (C=O) groups is 2. The Morgan fingerprint density at radius 2 is 1.94 bits per heavy atom. The molecule has 0 unspecified atom stereocenters. The second kappa shape index (κ2) is 8.61. The van der Waals surface area contributed by atoms with E-state index in [4.69, 9.17) is 9.15 Å². The molecule has 0 saturated heterocycles. The van der Waals surface area contributed by atoms with Crippen LogP contribution in [0.25, 0.3) is 11.1 Å². The Balaban J connectivity index is 1.53. The number of hydrogen-bond donors (Lipinski definition) is 1. The van der Waals surface area contributed by atoms with Crippen LogP contribution in [-0.4, -0.2) is 40.0 Å². The van der Waals surface area contributed by atoms with Crippen LogP contribution >= 0.6 is 0 Å². The highest BCUT2D eigenvalue weighted by Gasteiger charge is 2.48. The lowest BCUT2D eigenvalue weighted by atomic mass is 9.92. The molecule has 2 aromatic heterocycles. The van der Waals surface area contributed by atoms with Crippen molar-refractivity contribution < 1.29 is 18.7 Å². The number of nitrogens with one attached hydrogen (secondary N) is 1. The van der Waals surface area contributed by atoms with Gasteiger partial charge in [-0.2, -0.15) is 0 Å². The fraction of sp³-hybridized carbons (Fsp3) is 0.462. The average Bonchev–Trinajstić information content (AvgIpc) is 3.31. The molecule has 2 aliphatic rings. The summed E-state index contributed by atoms with van der Waals surface area (Å²) in [5.74, 6) is 0.414. The Labute approximate surface area is 193 Å². The predicted molar refractivity (Wildman–Crippen MR) is 125 cm³/mol. The summed E-state index contributed by atoms with van der Waals surface area (Å²) in [6.45, 7) is 2.52. The summed E-state index contributed by atoms with van der Waals surface area (Å²) in [6, 6.07) is 11.4. The van der Waals surface area contributed by atoms with Crippen molar-refractivity contribution in [2.45, 2.75) is 70.1 Å². The molecule has 33 heavy (non-hydrogen) atoms. The van der Waals surface area contributed by atoms with Gasteiger partial charge in [0.15, 0.2) is 5.58 Å². The molecule has 5 rings (SSSR count).